The van der Waals surface area contributed by atoms with Gasteiger partial charge in [-0.15, -0.1) is 0 Å². The molecule has 1 aromatic rings. The van der Waals surface area contributed by atoms with Crippen molar-refractivity contribution < 1.29 is 35.3 Å². The molecule has 0 atom stereocenters. The van der Waals surface area contributed by atoms with Crippen LogP contribution in [0.15, 0.2) is 18.2 Å². The Morgan fingerprint density at radius 3 is 2.40 bits per heavy atom. The number of halogens is 4. The highest BCUT2D eigenvalue weighted by Crippen LogP contribution is 2.30. The number of hydrogen-bond donors (Lipinski definition) is 0. The highest BCUT2D eigenvalue weighted by molar-refractivity contribution is 9.08. The van der Waals surface area contributed by atoms with Gasteiger partial charge in [-0.2, -0.15) is 21.6 Å². The fraction of sp³-hybridized carbons (Fsp3) is 0.300. The third-order valence-corrected chi connectivity index (χ3v) is 3.70. The molecule has 0 saturated heterocycles. The van der Waals surface area contributed by atoms with Crippen molar-refractivity contribution in [3.8, 4) is 5.75 Å². The van der Waals surface area contributed by atoms with Crippen LogP contribution in [0, 0.1) is 0 Å². The smallest absolute Gasteiger partial charge is 0.465 e. The van der Waals surface area contributed by atoms with Crippen LogP contribution in [0.3, 0.4) is 0 Å². The maximum atomic E-state index is 12.3. The summed E-state index contributed by atoms with van der Waals surface area (Å²) in [7, 11) is -4.86. The summed E-state index contributed by atoms with van der Waals surface area (Å²) in [4.78, 5) is 11.4. The lowest BCUT2D eigenvalue weighted by atomic mass is 10.1. The summed E-state index contributed by atoms with van der Waals surface area (Å²) in [5, 5.41) is 0.233. The number of rotatable bonds is 4. The Hall–Kier alpha value is -1.29. The van der Waals surface area contributed by atoms with Gasteiger partial charge in [0.05, 0.1) is 7.11 Å². The summed E-state index contributed by atoms with van der Waals surface area (Å²) in [5.41, 5.74) is -5.60. The fourth-order valence-corrected chi connectivity index (χ4v) is 1.98. The number of esters is 1. The Morgan fingerprint density at radius 1 is 1.35 bits per heavy atom. The van der Waals surface area contributed by atoms with Gasteiger partial charge in [-0.1, -0.05) is 22.0 Å². The zero-order chi connectivity index (χ0) is 15.6. The predicted octanol–water partition coefficient (Wildman–Crippen LogP) is 2.60. The maximum absolute atomic E-state index is 12.3. The molecule has 112 valence electrons. The molecule has 0 fully saturated rings. The summed E-state index contributed by atoms with van der Waals surface area (Å²) in [6, 6.07) is 3.53. The minimum Gasteiger partial charge on any atom is -0.465 e. The minimum atomic E-state index is -5.86. The molecule has 0 aliphatic heterocycles. The maximum Gasteiger partial charge on any atom is 0.534 e. The average molecular weight is 377 g/mol. The molecular weight excluding hydrogens is 369 g/mol. The minimum absolute atomic E-state index is 0.233. The van der Waals surface area contributed by atoms with E-state index in [2.05, 4.69) is 24.8 Å². The number of hydrogen-bond acceptors (Lipinski definition) is 5. The van der Waals surface area contributed by atoms with Crippen molar-refractivity contribution in [1.82, 2.24) is 0 Å². The third-order valence-electron chi connectivity index (χ3n) is 2.09. The lowest BCUT2D eigenvalue weighted by molar-refractivity contribution is -0.0500. The van der Waals surface area contributed by atoms with Crippen LogP contribution in [-0.2, 0) is 20.2 Å². The van der Waals surface area contributed by atoms with E-state index in [4.69, 9.17) is 0 Å². The van der Waals surface area contributed by atoms with Crippen LogP contribution in [0.25, 0.3) is 0 Å². The van der Waals surface area contributed by atoms with Gasteiger partial charge < -0.3 is 8.92 Å². The SMILES string of the molecule is COC(=O)c1ccc(CBr)cc1OS(=O)(=O)C(F)(F)F. The fourth-order valence-electron chi connectivity index (χ4n) is 1.16. The van der Waals surface area contributed by atoms with Crippen LogP contribution in [0.5, 0.6) is 5.75 Å². The van der Waals surface area contributed by atoms with Crippen molar-refractivity contribution in [1.29, 1.82) is 0 Å². The van der Waals surface area contributed by atoms with Crippen LogP contribution >= 0.6 is 15.9 Å². The van der Waals surface area contributed by atoms with Crippen molar-refractivity contribution in [2.75, 3.05) is 7.11 Å². The number of ether oxygens (including phenoxy) is 1. The first-order valence-corrected chi connectivity index (χ1v) is 7.43. The number of alkyl halides is 4. The van der Waals surface area contributed by atoms with Gasteiger partial charge in [-0.25, -0.2) is 4.79 Å². The molecule has 0 aliphatic carbocycles. The zero-order valence-corrected chi connectivity index (χ0v) is 12.3. The van der Waals surface area contributed by atoms with E-state index in [9.17, 15) is 26.4 Å². The van der Waals surface area contributed by atoms with Gasteiger partial charge in [0.2, 0.25) is 0 Å². The molecule has 1 rings (SSSR count). The first-order valence-electron chi connectivity index (χ1n) is 4.90. The summed E-state index contributed by atoms with van der Waals surface area (Å²) < 4.78 is 67.1. The van der Waals surface area contributed by atoms with Crippen LogP contribution in [-0.4, -0.2) is 27.0 Å². The Kier molecular flexibility index (Phi) is 5.03. The monoisotopic (exact) mass is 376 g/mol. The summed E-state index contributed by atoms with van der Waals surface area (Å²) in [6.07, 6.45) is 0. The lowest BCUT2D eigenvalue weighted by Gasteiger charge is -2.12. The molecule has 1 aromatic carbocycles. The first kappa shape index (κ1) is 16.8. The highest BCUT2D eigenvalue weighted by Gasteiger charge is 2.49. The van der Waals surface area contributed by atoms with Crippen molar-refractivity contribution in [3.63, 3.8) is 0 Å². The van der Waals surface area contributed by atoms with Crippen molar-refractivity contribution in [3.05, 3.63) is 29.3 Å². The molecule has 0 aliphatic rings. The Morgan fingerprint density at radius 2 is 1.95 bits per heavy atom. The zero-order valence-electron chi connectivity index (χ0n) is 9.90. The van der Waals surface area contributed by atoms with E-state index in [0.717, 1.165) is 19.2 Å². The van der Waals surface area contributed by atoms with Gasteiger partial charge in [0.25, 0.3) is 0 Å². The Bertz CT molecular complexity index is 612. The van der Waals surface area contributed by atoms with Crippen molar-refractivity contribution >= 4 is 32.0 Å². The molecule has 0 N–H and O–H groups in total. The Labute approximate surface area is 120 Å². The topological polar surface area (TPSA) is 69.7 Å². The highest BCUT2D eigenvalue weighted by atomic mass is 79.9. The summed E-state index contributed by atoms with van der Waals surface area (Å²) in [6.45, 7) is 0. The second-order valence-electron chi connectivity index (χ2n) is 3.44. The quantitative estimate of drug-likeness (QED) is 0.349. The van der Waals surface area contributed by atoms with Gasteiger partial charge in [-0.3, -0.25) is 0 Å². The van der Waals surface area contributed by atoms with E-state index in [1.165, 1.54) is 6.07 Å². The van der Waals surface area contributed by atoms with Crippen LogP contribution in [0.1, 0.15) is 15.9 Å². The van der Waals surface area contributed by atoms with E-state index in [1.54, 1.807) is 0 Å². The normalized spacial score (nSPS) is 12.1. The molecule has 0 bridgehead atoms. The molecule has 0 amide bonds. The first-order chi connectivity index (χ1) is 9.12. The standard InChI is InChI=1S/C10H8BrF3O5S/c1-18-9(15)7-3-2-6(5-11)4-8(7)19-20(16,17)10(12,13)14/h2-4H,5H2,1H3. The molecule has 0 unspecified atom stereocenters. The van der Waals surface area contributed by atoms with E-state index < -0.39 is 32.9 Å². The van der Waals surface area contributed by atoms with Gasteiger partial charge >= 0.3 is 21.6 Å². The van der Waals surface area contributed by atoms with Crippen molar-refractivity contribution in [2.45, 2.75) is 10.8 Å². The number of benzene rings is 1. The van der Waals surface area contributed by atoms with E-state index in [0.29, 0.717) is 5.56 Å². The van der Waals surface area contributed by atoms with Gasteiger partial charge in [0, 0.05) is 5.33 Å². The molecule has 0 heterocycles. The molecule has 5 nitrogen and oxygen atoms in total. The number of carbonyl (C=O) groups is 1. The average Bonchev–Trinajstić information content (AvgIpc) is 2.36. The lowest BCUT2D eigenvalue weighted by Crippen LogP contribution is -2.28. The molecule has 20 heavy (non-hydrogen) atoms. The molecular formula is C10H8BrF3O5S. The van der Waals surface area contributed by atoms with Gasteiger partial charge in [0.1, 0.15) is 5.56 Å². The molecule has 0 aromatic heterocycles. The molecule has 0 spiro atoms. The number of carbonyl (C=O) groups excluding carboxylic acids is 1. The van der Waals surface area contributed by atoms with Crippen molar-refractivity contribution in [2.24, 2.45) is 0 Å². The second kappa shape index (κ2) is 6.00. The summed E-state index contributed by atoms with van der Waals surface area (Å²) in [5.74, 6) is -1.76. The largest absolute Gasteiger partial charge is 0.534 e. The number of methoxy groups -OCH3 is 1. The molecule has 0 radical (unpaired) electrons. The van der Waals surface area contributed by atoms with Gasteiger partial charge in [-0.05, 0) is 17.7 Å². The van der Waals surface area contributed by atoms with E-state index in [1.807, 2.05) is 0 Å². The Balaban J connectivity index is 3.32. The predicted molar refractivity (Wildman–Crippen MR) is 66.0 cm³/mol. The van der Waals surface area contributed by atoms with Crippen LogP contribution in [0.4, 0.5) is 13.2 Å². The second-order valence-corrected chi connectivity index (χ2v) is 5.54. The van der Waals surface area contributed by atoms with E-state index in [-0.39, 0.29) is 5.33 Å². The molecule has 10 heteroatoms. The third kappa shape index (κ3) is 3.63. The van der Waals surface area contributed by atoms with Gasteiger partial charge in [0.15, 0.2) is 5.75 Å². The molecule has 0 saturated carbocycles. The van der Waals surface area contributed by atoms with E-state index >= 15 is 0 Å². The van der Waals surface area contributed by atoms with Crippen LogP contribution in [0.2, 0.25) is 0 Å². The van der Waals surface area contributed by atoms with Crippen LogP contribution < -0.4 is 4.18 Å². The summed E-state index contributed by atoms with van der Waals surface area (Å²) >= 11 is 3.05.